The van der Waals surface area contributed by atoms with Crippen LogP contribution in [0.25, 0.3) is 0 Å². The molecule has 4 heteroatoms. The topological polar surface area (TPSA) is 17.1 Å². The van der Waals surface area contributed by atoms with Gasteiger partial charge in [-0.2, -0.15) is 0 Å². The number of ketones is 1. The molecular weight excluding hydrogens is 254 g/mol. The minimum atomic E-state index is -2.61. The van der Waals surface area contributed by atoms with Crippen molar-refractivity contribution in [3.63, 3.8) is 0 Å². The van der Waals surface area contributed by atoms with Gasteiger partial charge in [-0.1, -0.05) is 22.9 Å². The molecule has 0 aliphatic carbocycles. The SMILES string of the molecule is CCC(=O)c1ccc(Br)cc1C(F)F. The molecule has 0 saturated heterocycles. The molecule has 14 heavy (non-hydrogen) atoms. The van der Waals surface area contributed by atoms with Crippen molar-refractivity contribution in [3.8, 4) is 0 Å². The van der Waals surface area contributed by atoms with Crippen LogP contribution in [0.2, 0.25) is 0 Å². The van der Waals surface area contributed by atoms with Gasteiger partial charge in [-0.3, -0.25) is 4.79 Å². The molecule has 0 amide bonds. The van der Waals surface area contributed by atoms with Gasteiger partial charge in [0.05, 0.1) is 0 Å². The average Bonchev–Trinajstić information content (AvgIpc) is 2.16. The number of carbonyl (C=O) groups excluding carboxylic acids is 1. The average molecular weight is 263 g/mol. The van der Waals surface area contributed by atoms with E-state index in [1.54, 1.807) is 13.0 Å². The van der Waals surface area contributed by atoms with Crippen LogP contribution < -0.4 is 0 Å². The number of halogens is 3. The fourth-order valence-corrected chi connectivity index (χ4v) is 1.54. The lowest BCUT2D eigenvalue weighted by Crippen LogP contribution is -2.02. The van der Waals surface area contributed by atoms with E-state index in [2.05, 4.69) is 15.9 Å². The lowest BCUT2D eigenvalue weighted by Gasteiger charge is -2.07. The summed E-state index contributed by atoms with van der Waals surface area (Å²) in [7, 11) is 0. The maximum absolute atomic E-state index is 12.5. The van der Waals surface area contributed by atoms with Crippen LogP contribution in [0.5, 0.6) is 0 Å². The first-order chi connectivity index (χ1) is 6.56. The predicted octanol–water partition coefficient (Wildman–Crippen LogP) is 3.98. The maximum Gasteiger partial charge on any atom is 0.264 e. The molecule has 1 aromatic carbocycles. The van der Waals surface area contributed by atoms with Gasteiger partial charge in [-0.05, 0) is 18.2 Å². The molecule has 0 aromatic heterocycles. The van der Waals surface area contributed by atoms with Gasteiger partial charge >= 0.3 is 0 Å². The summed E-state index contributed by atoms with van der Waals surface area (Å²) in [5.41, 5.74) is -0.0862. The normalized spacial score (nSPS) is 10.6. The minimum absolute atomic E-state index is 0.116. The van der Waals surface area contributed by atoms with E-state index in [4.69, 9.17) is 0 Å². The molecule has 0 N–H and O–H groups in total. The summed E-state index contributed by atoms with van der Waals surface area (Å²) in [6.07, 6.45) is -2.38. The molecule has 0 bridgehead atoms. The Morgan fingerprint density at radius 1 is 1.50 bits per heavy atom. The number of hydrogen-bond acceptors (Lipinski definition) is 1. The van der Waals surface area contributed by atoms with Gasteiger partial charge in [-0.25, -0.2) is 8.78 Å². The molecular formula is C10H9BrF2O. The zero-order valence-corrected chi connectivity index (χ0v) is 9.14. The van der Waals surface area contributed by atoms with Crippen molar-refractivity contribution >= 4 is 21.7 Å². The molecule has 0 unspecified atom stereocenters. The third-order valence-corrected chi connectivity index (χ3v) is 2.36. The first-order valence-electron chi connectivity index (χ1n) is 4.17. The second kappa shape index (κ2) is 4.64. The van der Waals surface area contributed by atoms with Crippen LogP contribution in [0.1, 0.15) is 35.7 Å². The summed E-state index contributed by atoms with van der Waals surface area (Å²) in [6.45, 7) is 1.65. The van der Waals surface area contributed by atoms with Gasteiger partial charge in [0.1, 0.15) is 0 Å². The van der Waals surface area contributed by atoms with Crippen LogP contribution in [0, 0.1) is 0 Å². The van der Waals surface area contributed by atoms with E-state index in [-0.39, 0.29) is 23.3 Å². The van der Waals surface area contributed by atoms with Crippen molar-refractivity contribution in [2.75, 3.05) is 0 Å². The van der Waals surface area contributed by atoms with Crippen molar-refractivity contribution in [3.05, 3.63) is 33.8 Å². The minimum Gasteiger partial charge on any atom is -0.294 e. The quantitative estimate of drug-likeness (QED) is 0.754. The summed E-state index contributed by atoms with van der Waals surface area (Å²) in [6, 6.07) is 4.31. The van der Waals surface area contributed by atoms with Gasteiger partial charge < -0.3 is 0 Å². The van der Waals surface area contributed by atoms with Crippen molar-refractivity contribution in [2.24, 2.45) is 0 Å². The van der Waals surface area contributed by atoms with Crippen LogP contribution in [-0.2, 0) is 0 Å². The third kappa shape index (κ3) is 2.38. The van der Waals surface area contributed by atoms with E-state index in [1.807, 2.05) is 0 Å². The van der Waals surface area contributed by atoms with Crippen LogP contribution in [0.3, 0.4) is 0 Å². The highest BCUT2D eigenvalue weighted by molar-refractivity contribution is 9.10. The Balaban J connectivity index is 3.21. The summed E-state index contributed by atoms with van der Waals surface area (Å²) < 4.78 is 25.6. The molecule has 0 aliphatic rings. The van der Waals surface area contributed by atoms with Crippen molar-refractivity contribution < 1.29 is 13.6 Å². The number of benzene rings is 1. The molecule has 0 aliphatic heterocycles. The van der Waals surface area contributed by atoms with E-state index < -0.39 is 6.43 Å². The van der Waals surface area contributed by atoms with Crippen molar-refractivity contribution in [2.45, 2.75) is 19.8 Å². The van der Waals surface area contributed by atoms with Crippen molar-refractivity contribution in [1.29, 1.82) is 0 Å². The summed E-state index contributed by atoms with van der Waals surface area (Å²) in [5, 5.41) is 0. The maximum atomic E-state index is 12.5. The zero-order chi connectivity index (χ0) is 10.7. The molecule has 0 spiro atoms. The Bertz CT molecular complexity index is 350. The third-order valence-electron chi connectivity index (χ3n) is 1.87. The molecule has 1 aromatic rings. The molecule has 0 radical (unpaired) electrons. The zero-order valence-electron chi connectivity index (χ0n) is 7.56. The van der Waals surface area contributed by atoms with E-state index in [9.17, 15) is 13.6 Å². The summed E-state index contributed by atoms with van der Waals surface area (Å²) in [4.78, 5) is 11.3. The van der Waals surface area contributed by atoms with Crippen LogP contribution in [0.15, 0.2) is 22.7 Å². The van der Waals surface area contributed by atoms with E-state index in [0.29, 0.717) is 4.47 Å². The molecule has 0 saturated carbocycles. The Labute approximate surface area is 89.3 Å². The smallest absolute Gasteiger partial charge is 0.264 e. The van der Waals surface area contributed by atoms with Gasteiger partial charge in [0.2, 0.25) is 0 Å². The Hall–Kier alpha value is -0.770. The Kier molecular flexibility index (Phi) is 3.75. The monoisotopic (exact) mass is 262 g/mol. The molecule has 1 rings (SSSR count). The van der Waals surface area contributed by atoms with Gasteiger partial charge in [0.25, 0.3) is 6.43 Å². The van der Waals surface area contributed by atoms with Crippen LogP contribution in [-0.4, -0.2) is 5.78 Å². The first kappa shape index (κ1) is 11.3. The summed E-state index contributed by atoms with van der Waals surface area (Å²) in [5.74, 6) is -0.257. The molecule has 1 nitrogen and oxygen atoms in total. The number of hydrogen-bond donors (Lipinski definition) is 0. The second-order valence-corrected chi connectivity index (χ2v) is 3.72. The summed E-state index contributed by atoms with van der Waals surface area (Å²) >= 11 is 3.09. The number of Topliss-reactive ketones (excluding diaryl/α,β-unsaturated/α-hetero) is 1. The number of alkyl halides is 2. The molecule has 0 fully saturated rings. The highest BCUT2D eigenvalue weighted by Gasteiger charge is 2.17. The second-order valence-electron chi connectivity index (χ2n) is 2.81. The van der Waals surface area contributed by atoms with Crippen LogP contribution in [0.4, 0.5) is 8.78 Å². The van der Waals surface area contributed by atoms with Crippen molar-refractivity contribution in [1.82, 2.24) is 0 Å². The highest BCUT2D eigenvalue weighted by atomic mass is 79.9. The van der Waals surface area contributed by atoms with E-state index in [0.717, 1.165) is 0 Å². The lowest BCUT2D eigenvalue weighted by atomic mass is 10.0. The standard InChI is InChI=1S/C10H9BrF2O/c1-2-9(14)7-4-3-6(11)5-8(7)10(12)13/h3-5,10H,2H2,1H3. The Morgan fingerprint density at radius 3 is 2.64 bits per heavy atom. The van der Waals surface area contributed by atoms with E-state index >= 15 is 0 Å². The fourth-order valence-electron chi connectivity index (χ4n) is 1.16. The first-order valence-corrected chi connectivity index (χ1v) is 4.96. The Morgan fingerprint density at radius 2 is 2.14 bits per heavy atom. The molecule has 0 atom stereocenters. The predicted molar refractivity (Wildman–Crippen MR) is 53.7 cm³/mol. The van der Waals surface area contributed by atoms with Gasteiger partial charge in [0, 0.05) is 22.0 Å². The highest BCUT2D eigenvalue weighted by Crippen LogP contribution is 2.27. The molecule has 0 heterocycles. The van der Waals surface area contributed by atoms with Gasteiger partial charge in [-0.15, -0.1) is 0 Å². The van der Waals surface area contributed by atoms with Gasteiger partial charge in [0.15, 0.2) is 5.78 Å². The fraction of sp³-hybridized carbons (Fsp3) is 0.300. The van der Waals surface area contributed by atoms with E-state index in [1.165, 1.54) is 12.1 Å². The van der Waals surface area contributed by atoms with Crippen LogP contribution >= 0.6 is 15.9 Å². The number of rotatable bonds is 3. The lowest BCUT2D eigenvalue weighted by molar-refractivity contribution is 0.0974. The molecule has 76 valence electrons. The largest absolute Gasteiger partial charge is 0.294 e. The number of carbonyl (C=O) groups is 1.